The molecule has 1 atom stereocenters. The van der Waals surface area contributed by atoms with E-state index in [0.29, 0.717) is 22.3 Å². The smallest absolute Gasteiger partial charge is 0.306 e. The number of carbonyl (C=O) groups excluding carboxylic acids is 2. The van der Waals surface area contributed by atoms with Crippen molar-refractivity contribution in [2.75, 3.05) is 5.32 Å². The molecule has 0 aliphatic rings. The van der Waals surface area contributed by atoms with Gasteiger partial charge in [0.15, 0.2) is 5.78 Å². The van der Waals surface area contributed by atoms with Gasteiger partial charge < -0.3 is 5.32 Å². The summed E-state index contributed by atoms with van der Waals surface area (Å²) >= 11 is 6.54. The Labute approximate surface area is 215 Å². The third-order valence-electron chi connectivity index (χ3n) is 5.04. The maximum atomic E-state index is 13.1. The van der Waals surface area contributed by atoms with E-state index < -0.39 is 34.5 Å². The number of thiazole rings is 1. The van der Waals surface area contributed by atoms with E-state index >= 15 is 0 Å². The first-order valence-corrected chi connectivity index (χ1v) is 11.7. The molecule has 4 aromatic heterocycles. The molecule has 0 saturated heterocycles. The number of aromatic nitrogens is 5. The lowest BCUT2D eigenvalue weighted by Crippen LogP contribution is -2.13. The minimum absolute atomic E-state index is 0.0143. The molecule has 0 saturated carbocycles. The van der Waals surface area contributed by atoms with Crippen molar-refractivity contribution in [1.82, 2.24) is 24.9 Å². The third kappa shape index (κ3) is 6.30. The van der Waals surface area contributed by atoms with Gasteiger partial charge in [-0.3, -0.25) is 9.59 Å². The highest BCUT2D eigenvalue weighted by molar-refractivity contribution is 7.13. The minimum atomic E-state index is -4.71. The summed E-state index contributed by atoms with van der Waals surface area (Å²) in [4.78, 5) is 45.0. The summed E-state index contributed by atoms with van der Waals surface area (Å²) in [7, 11) is 0. The average Bonchev–Trinajstić information content (AvgIpc) is 3.36. The predicted molar refractivity (Wildman–Crippen MR) is 127 cm³/mol. The van der Waals surface area contributed by atoms with E-state index in [9.17, 15) is 27.2 Å². The first kappa shape index (κ1) is 26.2. The molecular formula is C23H15ClF4N6O2S. The van der Waals surface area contributed by atoms with Crippen LogP contribution in [0.3, 0.4) is 0 Å². The summed E-state index contributed by atoms with van der Waals surface area (Å²) in [6.45, 7) is 1.74. The van der Waals surface area contributed by atoms with Crippen LogP contribution in [-0.2, 0) is 6.18 Å². The summed E-state index contributed by atoms with van der Waals surface area (Å²) in [5, 5.41) is 2.17. The summed E-state index contributed by atoms with van der Waals surface area (Å²) in [5.74, 6) is -2.38. The topological polar surface area (TPSA) is 111 Å². The molecule has 4 aromatic rings. The number of nitrogens with one attached hydrogen (secondary N) is 1. The van der Waals surface area contributed by atoms with Gasteiger partial charge in [-0.2, -0.15) is 17.6 Å². The van der Waals surface area contributed by atoms with E-state index in [0.717, 1.165) is 17.5 Å². The second-order valence-corrected chi connectivity index (χ2v) is 9.22. The molecule has 0 fully saturated rings. The molecule has 8 nitrogen and oxygen atoms in total. The number of alkyl halides is 3. The number of pyridine rings is 2. The zero-order valence-electron chi connectivity index (χ0n) is 18.8. The molecule has 0 aliphatic heterocycles. The second kappa shape index (κ2) is 10.6. The first-order valence-electron chi connectivity index (χ1n) is 10.5. The van der Waals surface area contributed by atoms with Gasteiger partial charge in [0.25, 0.3) is 5.91 Å². The van der Waals surface area contributed by atoms with Crippen LogP contribution < -0.4 is 5.32 Å². The highest BCUT2D eigenvalue weighted by Gasteiger charge is 2.34. The van der Waals surface area contributed by atoms with Crippen LogP contribution in [0.2, 0.25) is 5.02 Å². The Hall–Kier alpha value is -3.84. The molecular weight excluding hydrogens is 536 g/mol. The molecule has 190 valence electrons. The Balaban J connectivity index is 1.43. The van der Waals surface area contributed by atoms with Crippen LogP contribution in [0.4, 0.5) is 23.4 Å². The molecule has 37 heavy (non-hydrogen) atoms. The monoisotopic (exact) mass is 550 g/mol. The van der Waals surface area contributed by atoms with Crippen molar-refractivity contribution >= 4 is 40.4 Å². The predicted octanol–water partition coefficient (Wildman–Crippen LogP) is 5.83. The first-order chi connectivity index (χ1) is 17.5. The number of nitrogens with zero attached hydrogens (tertiary/aromatic N) is 5. The molecule has 4 rings (SSSR count). The van der Waals surface area contributed by atoms with Crippen molar-refractivity contribution in [3.05, 3.63) is 81.3 Å². The normalized spacial score (nSPS) is 12.3. The molecule has 0 radical (unpaired) electrons. The lowest BCUT2D eigenvalue weighted by Gasteiger charge is -2.10. The molecule has 0 aliphatic carbocycles. The highest BCUT2D eigenvalue weighted by atomic mass is 35.5. The molecule has 0 spiro atoms. The Bertz CT molecular complexity index is 1460. The molecule has 0 aromatic carbocycles. The fourth-order valence-corrected chi connectivity index (χ4v) is 4.26. The SMILES string of the molecule is CC(CC(=O)c1cc(-c2ccc(F)nc2)ncn1)c1ncc(C(=O)Nc2cc(C(F)(F)F)c(Cl)cn2)s1. The fourth-order valence-electron chi connectivity index (χ4n) is 3.19. The Morgan fingerprint density at radius 1 is 1.05 bits per heavy atom. The average molecular weight is 551 g/mol. The van der Waals surface area contributed by atoms with Crippen LogP contribution in [0.15, 0.2) is 49.2 Å². The van der Waals surface area contributed by atoms with Gasteiger partial charge in [0.05, 0.1) is 27.5 Å². The minimum Gasteiger partial charge on any atom is -0.306 e. The molecule has 1 unspecified atom stereocenters. The van der Waals surface area contributed by atoms with Crippen LogP contribution >= 0.6 is 22.9 Å². The largest absolute Gasteiger partial charge is 0.418 e. The number of anilines is 1. The number of Topliss-reactive ketones (excluding diaryl/α,β-unsaturated/α-hetero) is 1. The van der Waals surface area contributed by atoms with E-state index in [-0.39, 0.29) is 28.6 Å². The summed E-state index contributed by atoms with van der Waals surface area (Å²) < 4.78 is 52.2. The zero-order valence-corrected chi connectivity index (χ0v) is 20.3. The second-order valence-electron chi connectivity index (χ2n) is 7.75. The van der Waals surface area contributed by atoms with E-state index in [1.807, 2.05) is 0 Å². The number of hydrogen-bond acceptors (Lipinski definition) is 8. The molecule has 1 amide bonds. The summed E-state index contributed by atoms with van der Waals surface area (Å²) in [6.07, 6.45) is -0.115. The maximum Gasteiger partial charge on any atom is 0.418 e. The van der Waals surface area contributed by atoms with Crippen molar-refractivity contribution in [2.45, 2.75) is 25.4 Å². The van der Waals surface area contributed by atoms with Crippen LogP contribution in [0, 0.1) is 5.95 Å². The van der Waals surface area contributed by atoms with Crippen LogP contribution in [0.1, 0.15) is 50.0 Å². The highest BCUT2D eigenvalue weighted by Crippen LogP contribution is 2.35. The fraction of sp³-hybridized carbons (Fsp3) is 0.174. The Kier molecular flexibility index (Phi) is 7.55. The van der Waals surface area contributed by atoms with Gasteiger partial charge in [0.1, 0.15) is 22.7 Å². The number of amides is 1. The van der Waals surface area contributed by atoms with Crippen LogP contribution in [0.5, 0.6) is 0 Å². The number of carbonyl (C=O) groups is 2. The zero-order chi connectivity index (χ0) is 26.7. The van der Waals surface area contributed by atoms with Crippen molar-refractivity contribution in [3.8, 4) is 11.3 Å². The lowest BCUT2D eigenvalue weighted by atomic mass is 10.0. The molecule has 1 N–H and O–H groups in total. The maximum absolute atomic E-state index is 13.1. The van der Waals surface area contributed by atoms with Crippen molar-refractivity contribution < 1.29 is 27.2 Å². The van der Waals surface area contributed by atoms with Gasteiger partial charge >= 0.3 is 6.18 Å². The number of ketones is 1. The number of rotatable bonds is 7. The lowest BCUT2D eigenvalue weighted by molar-refractivity contribution is -0.137. The number of hydrogen-bond donors (Lipinski definition) is 1. The number of halogens is 5. The van der Waals surface area contributed by atoms with Crippen molar-refractivity contribution in [1.29, 1.82) is 0 Å². The van der Waals surface area contributed by atoms with E-state index in [1.165, 1.54) is 36.9 Å². The van der Waals surface area contributed by atoms with Crippen molar-refractivity contribution in [2.24, 2.45) is 0 Å². The van der Waals surface area contributed by atoms with E-state index in [1.54, 1.807) is 6.92 Å². The van der Waals surface area contributed by atoms with Gasteiger partial charge in [-0.15, -0.1) is 11.3 Å². The standard InChI is InChI=1S/C23H15ClF4N6O2S/c1-11(4-17(35)16-6-15(32-10-33-16)12-2-3-19(25)29-7-12)22-31-9-18(37-22)21(36)34-20-5-13(23(26,27)28)14(24)8-30-20/h2-3,5-11H,4H2,1H3,(H,30,34,36). The van der Waals surface area contributed by atoms with Gasteiger partial charge in [-0.05, 0) is 24.3 Å². The van der Waals surface area contributed by atoms with Gasteiger partial charge in [-0.1, -0.05) is 18.5 Å². The summed E-state index contributed by atoms with van der Waals surface area (Å²) in [6, 6.07) is 4.77. The molecule has 4 heterocycles. The van der Waals surface area contributed by atoms with E-state index in [4.69, 9.17) is 11.6 Å². The van der Waals surface area contributed by atoms with Crippen LogP contribution in [-0.4, -0.2) is 36.6 Å². The van der Waals surface area contributed by atoms with Gasteiger partial charge in [0.2, 0.25) is 5.95 Å². The molecule has 14 heteroatoms. The van der Waals surface area contributed by atoms with Crippen LogP contribution in [0.25, 0.3) is 11.3 Å². The summed E-state index contributed by atoms with van der Waals surface area (Å²) in [5.41, 5.74) is -0.0691. The quantitative estimate of drug-likeness (QED) is 0.175. The Morgan fingerprint density at radius 2 is 1.84 bits per heavy atom. The van der Waals surface area contributed by atoms with E-state index in [2.05, 4.69) is 30.2 Å². The van der Waals surface area contributed by atoms with Crippen molar-refractivity contribution in [3.63, 3.8) is 0 Å². The van der Waals surface area contributed by atoms with Gasteiger partial charge in [-0.25, -0.2) is 24.9 Å². The molecule has 0 bridgehead atoms. The Morgan fingerprint density at radius 3 is 2.54 bits per heavy atom. The third-order valence-corrected chi connectivity index (χ3v) is 6.57. The van der Waals surface area contributed by atoms with Gasteiger partial charge in [0, 0.05) is 30.3 Å².